The zero-order valence-corrected chi connectivity index (χ0v) is 17.2. The maximum atomic E-state index is 13.2. The van der Waals surface area contributed by atoms with Gasteiger partial charge in [0.1, 0.15) is 12.3 Å². The maximum absolute atomic E-state index is 13.2. The first-order valence-corrected chi connectivity index (χ1v) is 10.0. The van der Waals surface area contributed by atoms with Crippen molar-refractivity contribution in [3.63, 3.8) is 0 Å². The summed E-state index contributed by atoms with van der Waals surface area (Å²) in [5, 5.41) is 4.95. The van der Waals surface area contributed by atoms with Gasteiger partial charge in [0.25, 0.3) is 5.91 Å². The number of benzene rings is 1. The van der Waals surface area contributed by atoms with E-state index in [1.807, 2.05) is 4.90 Å². The number of carbonyl (C=O) groups excluding carboxylic acids is 3. The Balaban J connectivity index is 1.55. The topological polar surface area (TPSA) is 94.9 Å². The molecule has 1 aromatic heterocycles. The summed E-state index contributed by atoms with van der Waals surface area (Å²) in [5.41, 5.74) is -1.94. The second kappa shape index (κ2) is 7.88. The van der Waals surface area contributed by atoms with E-state index in [0.29, 0.717) is 23.7 Å². The van der Waals surface area contributed by atoms with Crippen molar-refractivity contribution in [1.29, 1.82) is 0 Å². The highest BCUT2D eigenvalue weighted by molar-refractivity contribution is 6.10. The zero-order valence-electron chi connectivity index (χ0n) is 17.2. The van der Waals surface area contributed by atoms with Crippen LogP contribution in [0.2, 0.25) is 0 Å². The highest BCUT2D eigenvalue weighted by Crippen LogP contribution is 2.36. The number of nitrogens with zero attached hydrogens (tertiary/aromatic N) is 2. The fourth-order valence-electron chi connectivity index (χ4n) is 3.95. The van der Waals surface area contributed by atoms with Gasteiger partial charge in [-0.1, -0.05) is 0 Å². The average molecular weight is 450 g/mol. The lowest BCUT2D eigenvalue weighted by Crippen LogP contribution is -2.42. The first-order valence-electron chi connectivity index (χ1n) is 10.0. The normalized spacial score (nSPS) is 21.2. The van der Waals surface area contributed by atoms with E-state index in [0.717, 1.165) is 25.0 Å². The minimum Gasteiger partial charge on any atom is -0.466 e. The van der Waals surface area contributed by atoms with E-state index < -0.39 is 41.7 Å². The molecule has 170 valence electrons. The van der Waals surface area contributed by atoms with Crippen molar-refractivity contribution in [3.05, 3.63) is 47.9 Å². The molecule has 32 heavy (non-hydrogen) atoms. The number of nitrogens with one attached hydrogen (secondary N) is 2. The standard InChI is InChI=1S/C21H21F3N4O4/c1-20(16-5-4-10-32-16)18(30)28(19(31)26-20)12-17(29)25-14-11-13(21(22,23)24)6-7-15(14)27-8-2-3-9-27/h4-7,10-11H,2-3,8-9,12H2,1H3,(H,25,29)(H,26,31). The number of amides is 4. The van der Waals surface area contributed by atoms with Crippen LogP contribution in [0.5, 0.6) is 0 Å². The van der Waals surface area contributed by atoms with Gasteiger partial charge in [0.2, 0.25) is 5.91 Å². The lowest BCUT2D eigenvalue weighted by atomic mass is 9.99. The molecule has 2 aliphatic heterocycles. The second-order valence-electron chi connectivity index (χ2n) is 7.90. The van der Waals surface area contributed by atoms with Crippen LogP contribution in [0.15, 0.2) is 41.0 Å². The van der Waals surface area contributed by atoms with Gasteiger partial charge in [-0.15, -0.1) is 0 Å². The van der Waals surface area contributed by atoms with E-state index in [1.54, 1.807) is 6.07 Å². The van der Waals surface area contributed by atoms with Crippen molar-refractivity contribution in [2.45, 2.75) is 31.5 Å². The third-order valence-corrected chi connectivity index (χ3v) is 5.64. The molecule has 2 fully saturated rings. The monoisotopic (exact) mass is 450 g/mol. The predicted octanol–water partition coefficient (Wildman–Crippen LogP) is 3.30. The number of rotatable bonds is 5. The van der Waals surface area contributed by atoms with E-state index in [2.05, 4.69) is 10.6 Å². The van der Waals surface area contributed by atoms with Gasteiger partial charge in [0.05, 0.1) is 23.2 Å². The summed E-state index contributed by atoms with van der Waals surface area (Å²) in [6.07, 6.45) is -1.45. The van der Waals surface area contributed by atoms with Crippen LogP contribution in [0.3, 0.4) is 0 Å². The third kappa shape index (κ3) is 3.90. The summed E-state index contributed by atoms with van der Waals surface area (Å²) >= 11 is 0. The van der Waals surface area contributed by atoms with Gasteiger partial charge in [0, 0.05) is 13.1 Å². The number of anilines is 2. The Morgan fingerprint density at radius 3 is 2.56 bits per heavy atom. The van der Waals surface area contributed by atoms with Gasteiger partial charge in [-0.2, -0.15) is 13.2 Å². The molecule has 4 rings (SSSR count). The highest BCUT2D eigenvalue weighted by Gasteiger charge is 2.51. The number of imide groups is 1. The maximum Gasteiger partial charge on any atom is 0.416 e. The Labute approximate surface area is 181 Å². The van der Waals surface area contributed by atoms with Crippen LogP contribution < -0.4 is 15.5 Å². The first-order chi connectivity index (χ1) is 15.1. The Bertz CT molecular complexity index is 1050. The van der Waals surface area contributed by atoms with Gasteiger partial charge in [-0.3, -0.25) is 14.5 Å². The van der Waals surface area contributed by atoms with E-state index in [9.17, 15) is 27.6 Å². The quantitative estimate of drug-likeness (QED) is 0.682. The smallest absolute Gasteiger partial charge is 0.416 e. The Hall–Kier alpha value is -3.50. The van der Waals surface area contributed by atoms with Crippen LogP contribution in [0.25, 0.3) is 0 Å². The molecule has 8 nitrogen and oxygen atoms in total. The molecule has 1 atom stereocenters. The molecule has 0 saturated carbocycles. The number of alkyl halides is 3. The number of carbonyl (C=O) groups is 3. The fourth-order valence-corrected chi connectivity index (χ4v) is 3.95. The fraction of sp³-hybridized carbons (Fsp3) is 0.381. The van der Waals surface area contributed by atoms with Crippen LogP contribution in [0.1, 0.15) is 31.1 Å². The minimum absolute atomic E-state index is 0.0208. The van der Waals surface area contributed by atoms with Crippen molar-refractivity contribution in [3.8, 4) is 0 Å². The van der Waals surface area contributed by atoms with Gasteiger partial charge in [-0.25, -0.2) is 4.79 Å². The summed E-state index contributed by atoms with van der Waals surface area (Å²) in [6.45, 7) is 2.10. The Kier molecular flexibility index (Phi) is 5.35. The lowest BCUT2D eigenvalue weighted by Gasteiger charge is -2.23. The van der Waals surface area contributed by atoms with E-state index in [1.165, 1.54) is 25.3 Å². The molecule has 4 amide bonds. The number of hydrogen-bond acceptors (Lipinski definition) is 5. The summed E-state index contributed by atoms with van der Waals surface area (Å²) in [5.74, 6) is -1.29. The average Bonchev–Trinajstić information content (AvgIpc) is 3.47. The molecule has 1 unspecified atom stereocenters. The summed E-state index contributed by atoms with van der Waals surface area (Å²) < 4.78 is 44.9. The zero-order chi connectivity index (χ0) is 23.1. The minimum atomic E-state index is -4.58. The van der Waals surface area contributed by atoms with Crippen LogP contribution in [0.4, 0.5) is 29.3 Å². The SMILES string of the molecule is CC1(c2ccco2)NC(=O)N(CC(=O)Nc2cc(C(F)(F)F)ccc2N2CCCC2)C1=O. The van der Waals surface area contributed by atoms with Gasteiger partial charge < -0.3 is 20.0 Å². The molecule has 2 aromatic rings. The molecule has 0 spiro atoms. The summed E-state index contributed by atoms with van der Waals surface area (Å²) in [6, 6.07) is 5.44. The van der Waals surface area contributed by atoms with Crippen molar-refractivity contribution < 1.29 is 32.0 Å². The molecular weight excluding hydrogens is 429 g/mol. The van der Waals surface area contributed by atoms with Crippen molar-refractivity contribution in [2.75, 3.05) is 29.9 Å². The number of furan rings is 1. The van der Waals surface area contributed by atoms with Gasteiger partial charge in [-0.05, 0) is 50.1 Å². The van der Waals surface area contributed by atoms with Gasteiger partial charge in [0.15, 0.2) is 5.54 Å². The van der Waals surface area contributed by atoms with Crippen LogP contribution >= 0.6 is 0 Å². The van der Waals surface area contributed by atoms with Crippen LogP contribution in [-0.2, 0) is 21.3 Å². The van der Waals surface area contributed by atoms with Crippen molar-refractivity contribution in [1.82, 2.24) is 10.2 Å². The molecule has 11 heteroatoms. The molecule has 1 aromatic carbocycles. The number of urea groups is 1. The molecule has 2 N–H and O–H groups in total. The van der Waals surface area contributed by atoms with Gasteiger partial charge >= 0.3 is 12.2 Å². The number of hydrogen-bond donors (Lipinski definition) is 2. The largest absolute Gasteiger partial charge is 0.466 e. The number of halogens is 3. The summed E-state index contributed by atoms with van der Waals surface area (Å²) in [7, 11) is 0. The van der Waals surface area contributed by atoms with Crippen LogP contribution in [0, 0.1) is 0 Å². The molecule has 0 radical (unpaired) electrons. The first kappa shape index (κ1) is 21.7. The van der Waals surface area contributed by atoms with E-state index in [4.69, 9.17) is 4.42 Å². The molecule has 0 aliphatic carbocycles. The van der Waals surface area contributed by atoms with Crippen molar-refractivity contribution >= 4 is 29.2 Å². The van der Waals surface area contributed by atoms with E-state index in [-0.39, 0.29) is 11.4 Å². The van der Waals surface area contributed by atoms with E-state index >= 15 is 0 Å². The lowest BCUT2D eigenvalue weighted by molar-refractivity contribution is -0.137. The molecular formula is C21H21F3N4O4. The molecule has 3 heterocycles. The van der Waals surface area contributed by atoms with Crippen LogP contribution in [-0.4, -0.2) is 42.4 Å². The second-order valence-corrected chi connectivity index (χ2v) is 7.90. The highest BCUT2D eigenvalue weighted by atomic mass is 19.4. The molecule has 0 bridgehead atoms. The van der Waals surface area contributed by atoms with Crippen molar-refractivity contribution in [2.24, 2.45) is 0 Å². The summed E-state index contributed by atoms with van der Waals surface area (Å²) in [4.78, 5) is 40.5. The Morgan fingerprint density at radius 2 is 1.94 bits per heavy atom. The molecule has 2 aliphatic rings. The predicted molar refractivity (Wildman–Crippen MR) is 108 cm³/mol. The third-order valence-electron chi connectivity index (χ3n) is 5.64. The molecule has 2 saturated heterocycles. The Morgan fingerprint density at radius 1 is 1.22 bits per heavy atom.